The molecule has 4 heterocycles. The van der Waals surface area contributed by atoms with Gasteiger partial charge < -0.3 is 4.40 Å². The highest BCUT2D eigenvalue weighted by atomic mass is 15.2. The van der Waals surface area contributed by atoms with Crippen molar-refractivity contribution in [2.75, 3.05) is 0 Å². The summed E-state index contributed by atoms with van der Waals surface area (Å²) in [5.74, 6) is 0.655. The first kappa shape index (κ1) is 25.1. The third-order valence-corrected chi connectivity index (χ3v) is 9.29. The van der Waals surface area contributed by atoms with E-state index in [-0.39, 0.29) is 0 Å². The first-order valence-corrected chi connectivity index (χ1v) is 15.6. The van der Waals surface area contributed by atoms with Gasteiger partial charge in [0.1, 0.15) is 0 Å². The minimum atomic E-state index is 0.655. The highest BCUT2D eigenvalue weighted by Crippen LogP contribution is 2.40. The van der Waals surface area contributed by atoms with Crippen LogP contribution >= 0.6 is 0 Å². The molecule has 0 spiro atoms. The second-order valence-electron chi connectivity index (χ2n) is 11.9. The second-order valence-corrected chi connectivity index (χ2v) is 11.9. The molecule has 6 aromatic carbocycles. The van der Waals surface area contributed by atoms with Crippen LogP contribution in [0.15, 0.2) is 158 Å². The maximum absolute atomic E-state index is 5.24. The first-order chi connectivity index (χ1) is 22.8. The van der Waals surface area contributed by atoms with Crippen LogP contribution in [0.3, 0.4) is 0 Å². The van der Waals surface area contributed by atoms with Crippen molar-refractivity contribution in [3.05, 3.63) is 158 Å². The van der Waals surface area contributed by atoms with Crippen molar-refractivity contribution in [1.82, 2.24) is 18.9 Å². The van der Waals surface area contributed by atoms with Crippen LogP contribution in [0.5, 0.6) is 0 Å². The highest BCUT2D eigenvalue weighted by Gasteiger charge is 2.20. The molecule has 46 heavy (non-hydrogen) atoms. The van der Waals surface area contributed by atoms with Crippen LogP contribution in [0.25, 0.3) is 88.4 Å². The summed E-state index contributed by atoms with van der Waals surface area (Å²) < 4.78 is 4.67. The van der Waals surface area contributed by atoms with Crippen LogP contribution in [0.2, 0.25) is 0 Å². The Hall–Kier alpha value is -6.26. The number of fused-ring (bicyclic) bond motifs is 11. The van der Waals surface area contributed by atoms with E-state index in [2.05, 4.69) is 155 Å². The number of benzene rings is 6. The molecule has 4 heteroatoms. The highest BCUT2D eigenvalue weighted by molar-refractivity contribution is 6.21. The van der Waals surface area contributed by atoms with Crippen LogP contribution < -0.4 is 0 Å². The molecule has 0 saturated heterocycles. The molecule has 0 aliphatic rings. The summed E-state index contributed by atoms with van der Waals surface area (Å²) in [7, 11) is 0. The molecule has 4 aromatic heterocycles. The van der Waals surface area contributed by atoms with Crippen LogP contribution in [0.1, 0.15) is 0 Å². The Labute approximate surface area is 264 Å². The molecular formula is C42H26N4. The van der Waals surface area contributed by atoms with Crippen molar-refractivity contribution in [1.29, 1.82) is 0 Å². The average Bonchev–Trinajstić information content (AvgIpc) is 3.68. The molecule has 0 unspecified atom stereocenters. The summed E-state index contributed by atoms with van der Waals surface area (Å²) in [6.07, 6.45) is 0. The maximum Gasteiger partial charge on any atom is 0.235 e. The van der Waals surface area contributed by atoms with Crippen molar-refractivity contribution in [3.63, 3.8) is 0 Å². The number of hydrogen-bond donors (Lipinski definition) is 0. The van der Waals surface area contributed by atoms with Crippen molar-refractivity contribution in [2.24, 2.45) is 0 Å². The van der Waals surface area contributed by atoms with Gasteiger partial charge in [0.05, 0.1) is 39.0 Å². The smallest absolute Gasteiger partial charge is 0.235 e. The van der Waals surface area contributed by atoms with Crippen molar-refractivity contribution < 1.29 is 0 Å². The van der Waals surface area contributed by atoms with E-state index in [1.807, 2.05) is 12.1 Å². The van der Waals surface area contributed by atoms with Crippen LogP contribution in [0.4, 0.5) is 0 Å². The van der Waals surface area contributed by atoms with E-state index in [0.29, 0.717) is 5.95 Å². The number of pyridine rings is 1. The Balaban J connectivity index is 1.37. The molecular weight excluding hydrogens is 560 g/mol. The fourth-order valence-electron chi connectivity index (χ4n) is 7.22. The lowest BCUT2D eigenvalue weighted by atomic mass is 10.0. The predicted octanol–water partition coefficient (Wildman–Crippen LogP) is 10.6. The number of rotatable bonds is 3. The largest absolute Gasteiger partial charge is 0.309 e. The molecule has 0 bridgehead atoms. The van der Waals surface area contributed by atoms with E-state index >= 15 is 0 Å². The van der Waals surface area contributed by atoms with Gasteiger partial charge in [0.2, 0.25) is 5.95 Å². The van der Waals surface area contributed by atoms with Gasteiger partial charge in [-0.15, -0.1) is 0 Å². The van der Waals surface area contributed by atoms with Gasteiger partial charge in [-0.3, -0.25) is 4.57 Å². The fraction of sp³-hybridized carbons (Fsp3) is 0. The quantitative estimate of drug-likeness (QED) is 0.193. The van der Waals surface area contributed by atoms with E-state index in [1.165, 1.54) is 48.9 Å². The van der Waals surface area contributed by atoms with Crippen LogP contribution in [-0.2, 0) is 0 Å². The molecule has 214 valence electrons. The lowest BCUT2D eigenvalue weighted by Crippen LogP contribution is -2.04. The predicted molar refractivity (Wildman–Crippen MR) is 191 cm³/mol. The Morgan fingerprint density at radius 1 is 0.348 bits per heavy atom. The van der Waals surface area contributed by atoms with E-state index in [1.54, 1.807) is 0 Å². The van der Waals surface area contributed by atoms with E-state index < -0.39 is 0 Å². The third kappa shape index (κ3) is 3.61. The molecule has 0 fully saturated rings. The van der Waals surface area contributed by atoms with Gasteiger partial charge in [0.15, 0.2) is 0 Å². The maximum atomic E-state index is 5.24. The zero-order valence-corrected chi connectivity index (χ0v) is 24.8. The van der Waals surface area contributed by atoms with Crippen molar-refractivity contribution >= 4 is 59.9 Å². The third-order valence-electron chi connectivity index (χ3n) is 9.29. The summed E-state index contributed by atoms with van der Waals surface area (Å²) in [4.78, 5) is 10.5. The summed E-state index contributed by atoms with van der Waals surface area (Å²) >= 11 is 0. The monoisotopic (exact) mass is 586 g/mol. The van der Waals surface area contributed by atoms with Gasteiger partial charge in [-0.1, -0.05) is 121 Å². The van der Waals surface area contributed by atoms with Crippen LogP contribution in [-0.4, -0.2) is 18.9 Å². The van der Waals surface area contributed by atoms with Crippen LogP contribution in [0, 0.1) is 0 Å². The van der Waals surface area contributed by atoms with Gasteiger partial charge in [-0.25, -0.2) is 9.97 Å². The molecule has 0 N–H and O–H groups in total. The summed E-state index contributed by atoms with van der Waals surface area (Å²) in [5.41, 5.74) is 9.68. The van der Waals surface area contributed by atoms with E-state index in [0.717, 1.165) is 33.5 Å². The minimum Gasteiger partial charge on any atom is -0.309 e. The summed E-state index contributed by atoms with van der Waals surface area (Å²) in [6.45, 7) is 0. The molecule has 0 aliphatic carbocycles. The van der Waals surface area contributed by atoms with Crippen molar-refractivity contribution in [2.45, 2.75) is 0 Å². The topological polar surface area (TPSA) is 35.1 Å². The molecule has 10 rings (SSSR count). The van der Waals surface area contributed by atoms with Gasteiger partial charge in [-0.2, -0.15) is 0 Å². The fourth-order valence-corrected chi connectivity index (χ4v) is 7.22. The van der Waals surface area contributed by atoms with E-state index in [9.17, 15) is 0 Å². The number of hydrogen-bond acceptors (Lipinski definition) is 2. The SMILES string of the molecule is c1ccc(-c2cc(-c3ccccc3)nc(-n3c4ccccc4c4cc5c(cc43)c3ccccc3c3cc4ccccc4n35)n2)cc1. The van der Waals surface area contributed by atoms with Crippen molar-refractivity contribution in [3.8, 4) is 28.5 Å². The molecule has 0 amide bonds. The molecule has 0 saturated carbocycles. The molecule has 0 atom stereocenters. The van der Waals surface area contributed by atoms with Gasteiger partial charge in [0, 0.05) is 38.1 Å². The molecule has 0 aliphatic heterocycles. The van der Waals surface area contributed by atoms with Gasteiger partial charge in [-0.05, 0) is 41.8 Å². The number of aromatic nitrogens is 4. The lowest BCUT2D eigenvalue weighted by molar-refractivity contribution is 0.996. The molecule has 0 radical (unpaired) electrons. The van der Waals surface area contributed by atoms with Gasteiger partial charge >= 0.3 is 0 Å². The molecule has 10 aromatic rings. The van der Waals surface area contributed by atoms with Gasteiger partial charge in [0.25, 0.3) is 0 Å². The Morgan fingerprint density at radius 2 is 0.848 bits per heavy atom. The standard InChI is InChI=1S/C42H26N4/c1-3-13-27(14-4-1)35-26-36(28-15-5-2-6-16-28)44-42(43-35)46-38-22-12-10-20-32(38)34-25-40-33(24-41(34)46)30-18-8-9-19-31(30)39-23-29-17-7-11-21-37(29)45(39)40/h1-26H. The average molecular weight is 587 g/mol. The Morgan fingerprint density at radius 3 is 1.54 bits per heavy atom. The zero-order chi connectivity index (χ0) is 30.2. The summed E-state index contributed by atoms with van der Waals surface area (Å²) in [6, 6.07) is 55.9. The Kier molecular flexibility index (Phi) is 5.25. The first-order valence-electron chi connectivity index (χ1n) is 15.6. The zero-order valence-electron chi connectivity index (χ0n) is 24.8. The lowest BCUT2D eigenvalue weighted by Gasteiger charge is -2.13. The summed E-state index contributed by atoms with van der Waals surface area (Å²) in [5, 5.41) is 7.25. The Bertz CT molecular complexity index is 2730. The number of nitrogens with zero attached hydrogens (tertiary/aromatic N) is 4. The number of para-hydroxylation sites is 2. The molecule has 4 nitrogen and oxygen atoms in total. The second kappa shape index (κ2) is 9.62. The van der Waals surface area contributed by atoms with E-state index in [4.69, 9.17) is 9.97 Å². The normalized spacial score (nSPS) is 11.9. The minimum absolute atomic E-state index is 0.655.